The fourth-order valence-corrected chi connectivity index (χ4v) is 8.17. The number of hydrogen-bond donors (Lipinski definition) is 0. The first kappa shape index (κ1) is 19.3. The zero-order valence-corrected chi connectivity index (χ0v) is 17.4. The summed E-state index contributed by atoms with van der Waals surface area (Å²) in [5, 5.41) is 4.09. The third kappa shape index (κ3) is 3.65. The van der Waals surface area contributed by atoms with Crippen LogP contribution in [0.1, 0.15) is 6.92 Å². The number of methoxy groups -OCH3 is 3. The molecule has 0 aliphatic rings. The van der Waals surface area contributed by atoms with Crippen LogP contribution in [-0.4, -0.2) is 27.5 Å². The predicted octanol–water partition coefficient (Wildman–Crippen LogP) is 3.76. The molecule has 0 aliphatic carbocycles. The van der Waals surface area contributed by atoms with Crippen molar-refractivity contribution >= 4 is 23.2 Å². The van der Waals surface area contributed by atoms with Crippen molar-refractivity contribution in [2.24, 2.45) is 0 Å². The van der Waals surface area contributed by atoms with Crippen LogP contribution in [0.25, 0.3) is 0 Å². The molecule has 4 heteroatoms. The molecule has 0 N–H and O–H groups in total. The number of hydrogen-bond acceptors (Lipinski definition) is 3. The second-order valence-electron chi connectivity index (χ2n) is 6.44. The molecular weight excluding hydrogens is 355 g/mol. The predicted molar refractivity (Wildman–Crippen MR) is 117 cm³/mol. The molecule has 0 saturated carbocycles. The average Bonchev–Trinajstić information content (AvgIpc) is 2.76. The van der Waals surface area contributed by atoms with Gasteiger partial charge in [-0.3, -0.25) is 0 Å². The Bertz CT molecular complexity index is 740. The zero-order chi connectivity index (χ0) is 19.3. The molecule has 0 aliphatic heterocycles. The first-order chi connectivity index (χ1) is 13.2. The average molecular weight is 382 g/mol. The Morgan fingerprint density at radius 3 is 0.963 bits per heavy atom. The summed E-state index contributed by atoms with van der Waals surface area (Å²) in [5.74, 6) is 2.63. The summed E-state index contributed by atoms with van der Waals surface area (Å²) in [6, 6.07) is 25.6. The molecule has 3 aromatic carbocycles. The van der Waals surface area contributed by atoms with Crippen molar-refractivity contribution in [3.05, 3.63) is 72.8 Å². The van der Waals surface area contributed by atoms with Gasteiger partial charge in [-0.05, 0) is 0 Å². The van der Waals surface area contributed by atoms with Gasteiger partial charge in [-0.25, -0.2) is 0 Å². The van der Waals surface area contributed by atoms with Gasteiger partial charge in [-0.15, -0.1) is 0 Å². The van der Waals surface area contributed by atoms with Crippen LogP contribution in [0, 0.1) is 0 Å². The van der Waals surface area contributed by atoms with Crippen molar-refractivity contribution in [3.63, 3.8) is 0 Å². The topological polar surface area (TPSA) is 27.7 Å². The molecule has 3 nitrogen and oxygen atoms in total. The molecule has 3 rings (SSSR count). The Morgan fingerprint density at radius 2 is 0.778 bits per heavy atom. The molecule has 0 amide bonds. The van der Waals surface area contributed by atoms with Crippen molar-refractivity contribution in [2.75, 3.05) is 27.5 Å². The van der Waals surface area contributed by atoms with Gasteiger partial charge in [0.1, 0.15) is 0 Å². The van der Waals surface area contributed by atoms with E-state index in [1.54, 1.807) is 21.3 Å². The first-order valence-electron chi connectivity index (χ1n) is 9.11. The van der Waals surface area contributed by atoms with Crippen LogP contribution < -0.4 is 30.1 Å². The molecule has 0 radical (unpaired) electrons. The molecule has 0 atom stereocenters. The molecule has 27 heavy (non-hydrogen) atoms. The zero-order valence-electron chi connectivity index (χ0n) is 16.4. The van der Waals surface area contributed by atoms with Gasteiger partial charge < -0.3 is 0 Å². The maximum atomic E-state index is 5.37. The Hall–Kier alpha value is -2.51. The molecule has 0 unspecified atom stereocenters. The van der Waals surface area contributed by atoms with E-state index in [0.717, 1.165) is 23.4 Å². The standard InChI is InChI=1S/C23H27O3P/c1-5-27(21-12-6-18(24-2)7-13-21,22-14-8-19(25-3)9-15-22)23-16-10-20(26-4)11-17-23/h6-17,27H,5H2,1-4H3. The van der Waals surface area contributed by atoms with E-state index in [2.05, 4.69) is 79.7 Å². The Morgan fingerprint density at radius 1 is 0.519 bits per heavy atom. The molecule has 3 aromatic rings. The number of ether oxygens (including phenoxy) is 3. The van der Waals surface area contributed by atoms with E-state index in [0.29, 0.717) is 0 Å². The van der Waals surface area contributed by atoms with Gasteiger partial charge in [0.05, 0.1) is 0 Å². The van der Waals surface area contributed by atoms with Crippen molar-refractivity contribution in [1.29, 1.82) is 0 Å². The Balaban J connectivity index is 2.20. The monoisotopic (exact) mass is 382 g/mol. The van der Waals surface area contributed by atoms with E-state index >= 15 is 0 Å². The quantitative estimate of drug-likeness (QED) is 0.583. The van der Waals surface area contributed by atoms with E-state index in [9.17, 15) is 0 Å². The van der Waals surface area contributed by atoms with Gasteiger partial charge in [0.2, 0.25) is 0 Å². The van der Waals surface area contributed by atoms with Gasteiger partial charge in [-0.2, -0.15) is 0 Å². The molecule has 0 spiro atoms. The summed E-state index contributed by atoms with van der Waals surface area (Å²) in [5.41, 5.74) is 0. The number of benzene rings is 3. The minimum atomic E-state index is -2.17. The van der Waals surface area contributed by atoms with E-state index < -0.39 is 7.26 Å². The van der Waals surface area contributed by atoms with Gasteiger partial charge in [-0.1, -0.05) is 0 Å². The molecule has 0 heterocycles. The van der Waals surface area contributed by atoms with Gasteiger partial charge in [0.15, 0.2) is 0 Å². The summed E-state index contributed by atoms with van der Waals surface area (Å²) in [6.07, 6.45) is 1.05. The van der Waals surface area contributed by atoms with Gasteiger partial charge >= 0.3 is 162 Å². The second-order valence-corrected chi connectivity index (χ2v) is 10.7. The number of rotatable bonds is 7. The summed E-state index contributed by atoms with van der Waals surface area (Å²) >= 11 is 0. The Kier molecular flexibility index (Phi) is 6.03. The van der Waals surface area contributed by atoms with Crippen LogP contribution in [0.15, 0.2) is 72.8 Å². The fraction of sp³-hybridized carbons (Fsp3) is 0.217. The van der Waals surface area contributed by atoms with E-state index in [4.69, 9.17) is 14.2 Å². The van der Waals surface area contributed by atoms with Crippen molar-refractivity contribution in [3.8, 4) is 17.2 Å². The maximum absolute atomic E-state index is 5.37. The van der Waals surface area contributed by atoms with Crippen LogP contribution in [0.2, 0.25) is 0 Å². The summed E-state index contributed by atoms with van der Waals surface area (Å²) in [4.78, 5) is 0. The molecule has 0 fully saturated rings. The van der Waals surface area contributed by atoms with Crippen LogP contribution in [0.4, 0.5) is 0 Å². The van der Waals surface area contributed by atoms with Crippen molar-refractivity contribution in [1.82, 2.24) is 0 Å². The SMILES string of the molecule is CC[PH](c1ccc(OC)cc1)(c1ccc(OC)cc1)c1ccc(OC)cc1. The normalized spacial score (nSPS) is 11.7. The minimum absolute atomic E-state index is 0.877. The van der Waals surface area contributed by atoms with Crippen LogP contribution >= 0.6 is 7.26 Å². The summed E-state index contributed by atoms with van der Waals surface area (Å²) in [6.45, 7) is 2.28. The molecule has 142 valence electrons. The van der Waals surface area contributed by atoms with E-state index in [1.165, 1.54) is 15.9 Å². The van der Waals surface area contributed by atoms with Gasteiger partial charge in [0, 0.05) is 0 Å². The molecule has 0 aromatic heterocycles. The molecule has 0 saturated heterocycles. The van der Waals surface area contributed by atoms with Crippen LogP contribution in [0.5, 0.6) is 17.2 Å². The van der Waals surface area contributed by atoms with Crippen molar-refractivity contribution in [2.45, 2.75) is 6.92 Å². The molecular formula is C23H27O3P. The third-order valence-electron chi connectivity index (χ3n) is 5.28. The van der Waals surface area contributed by atoms with Crippen LogP contribution in [0.3, 0.4) is 0 Å². The fourth-order valence-electron chi connectivity index (χ4n) is 3.74. The second kappa shape index (κ2) is 8.45. The van der Waals surface area contributed by atoms with Crippen molar-refractivity contribution < 1.29 is 14.2 Å². The van der Waals surface area contributed by atoms with E-state index in [1.807, 2.05) is 0 Å². The van der Waals surface area contributed by atoms with E-state index in [-0.39, 0.29) is 0 Å². The summed E-state index contributed by atoms with van der Waals surface area (Å²) < 4.78 is 16.1. The van der Waals surface area contributed by atoms with Crippen LogP contribution in [-0.2, 0) is 0 Å². The third-order valence-corrected chi connectivity index (χ3v) is 10.3. The Labute approximate surface area is 162 Å². The summed E-state index contributed by atoms with van der Waals surface area (Å²) in [7, 11) is 2.93. The van der Waals surface area contributed by atoms with Gasteiger partial charge in [0.25, 0.3) is 0 Å². The molecule has 0 bridgehead atoms. The first-order valence-corrected chi connectivity index (χ1v) is 11.3.